The number of benzene rings is 1. The average Bonchev–Trinajstić information content (AvgIpc) is 2.53. The zero-order valence-electron chi connectivity index (χ0n) is 10.2. The minimum Gasteiger partial charge on any atom is -0.326 e. The van der Waals surface area contributed by atoms with Crippen LogP contribution >= 0.6 is 0 Å². The van der Waals surface area contributed by atoms with E-state index in [1.807, 2.05) is 31.5 Å². The molecule has 1 aromatic heterocycles. The van der Waals surface area contributed by atoms with E-state index < -0.39 is 0 Å². The lowest BCUT2D eigenvalue weighted by Gasteiger charge is -2.10. The van der Waals surface area contributed by atoms with Gasteiger partial charge in [0, 0.05) is 7.05 Å². The van der Waals surface area contributed by atoms with Crippen molar-refractivity contribution in [3.8, 4) is 0 Å². The van der Waals surface area contributed by atoms with E-state index in [9.17, 15) is 0 Å². The normalized spacial score (nSPS) is 12.8. The Labute approximate surface area is 95.8 Å². The number of para-hydroxylation sites is 2. The summed E-state index contributed by atoms with van der Waals surface area (Å²) in [6, 6.07) is 8.11. The molecule has 0 spiro atoms. The summed E-state index contributed by atoms with van der Waals surface area (Å²) in [5, 5.41) is 0. The van der Waals surface area contributed by atoms with Gasteiger partial charge in [-0.1, -0.05) is 12.1 Å². The average molecular weight is 215 g/mol. The van der Waals surface area contributed by atoms with E-state index >= 15 is 0 Å². The lowest BCUT2D eigenvalue weighted by molar-refractivity contribution is 0.586. The van der Waals surface area contributed by atoms with Crippen LogP contribution in [0.15, 0.2) is 29.3 Å². The second kappa shape index (κ2) is 3.74. The molecule has 0 bridgehead atoms. The van der Waals surface area contributed by atoms with Gasteiger partial charge in [0.05, 0.1) is 22.8 Å². The summed E-state index contributed by atoms with van der Waals surface area (Å²) >= 11 is 0. The molecular weight excluding hydrogens is 198 g/mol. The second-order valence-corrected chi connectivity index (χ2v) is 4.95. The molecule has 0 saturated carbocycles. The molecule has 16 heavy (non-hydrogen) atoms. The fraction of sp³-hybridized carbons (Fsp3) is 0.385. The number of aliphatic imine (C=N–C) groups is 1. The lowest BCUT2D eigenvalue weighted by Crippen LogP contribution is -2.10. The molecule has 3 heteroatoms. The van der Waals surface area contributed by atoms with Crippen molar-refractivity contribution in [2.45, 2.75) is 26.3 Å². The van der Waals surface area contributed by atoms with Crippen molar-refractivity contribution in [1.29, 1.82) is 0 Å². The zero-order chi connectivity index (χ0) is 11.8. The second-order valence-electron chi connectivity index (χ2n) is 4.95. The summed E-state index contributed by atoms with van der Waals surface area (Å²) in [6.45, 7) is 6.23. The van der Waals surface area contributed by atoms with Gasteiger partial charge in [0.25, 0.3) is 0 Å². The molecule has 0 unspecified atom stereocenters. The van der Waals surface area contributed by atoms with Crippen LogP contribution < -0.4 is 0 Å². The van der Waals surface area contributed by atoms with Gasteiger partial charge in [-0.15, -0.1) is 0 Å². The Morgan fingerprint density at radius 3 is 2.56 bits per heavy atom. The Balaban J connectivity index is 2.46. The van der Waals surface area contributed by atoms with Crippen LogP contribution in [0.25, 0.3) is 11.0 Å². The highest BCUT2D eigenvalue weighted by atomic mass is 15.1. The third-order valence-corrected chi connectivity index (χ3v) is 2.39. The highest BCUT2D eigenvalue weighted by Crippen LogP contribution is 2.14. The van der Waals surface area contributed by atoms with E-state index in [1.165, 1.54) is 0 Å². The molecule has 84 valence electrons. The fourth-order valence-electron chi connectivity index (χ4n) is 1.53. The Morgan fingerprint density at radius 2 is 1.94 bits per heavy atom. The standard InChI is InChI=1S/C13H17N3/c1-13(2,3)14-9-12-15-10-7-5-6-8-11(10)16(12)4/h5-9H,1-4H3. The third-order valence-electron chi connectivity index (χ3n) is 2.39. The predicted octanol–water partition coefficient (Wildman–Crippen LogP) is 2.79. The van der Waals surface area contributed by atoms with E-state index in [2.05, 4.69) is 41.4 Å². The molecule has 1 heterocycles. The summed E-state index contributed by atoms with van der Waals surface area (Å²) in [6.07, 6.45) is 1.85. The number of nitrogens with zero attached hydrogens (tertiary/aromatic N) is 3. The topological polar surface area (TPSA) is 30.2 Å². The minimum atomic E-state index is -0.0574. The quantitative estimate of drug-likeness (QED) is 0.673. The maximum absolute atomic E-state index is 4.53. The van der Waals surface area contributed by atoms with Crippen molar-refractivity contribution >= 4 is 17.2 Å². The van der Waals surface area contributed by atoms with E-state index in [-0.39, 0.29) is 5.54 Å². The molecule has 0 atom stereocenters. The van der Waals surface area contributed by atoms with Gasteiger partial charge < -0.3 is 4.57 Å². The molecule has 0 aliphatic heterocycles. The van der Waals surface area contributed by atoms with Crippen molar-refractivity contribution in [2.24, 2.45) is 12.0 Å². The molecule has 2 rings (SSSR count). The molecule has 0 radical (unpaired) electrons. The van der Waals surface area contributed by atoms with Crippen LogP contribution in [0.1, 0.15) is 26.6 Å². The monoisotopic (exact) mass is 215 g/mol. The smallest absolute Gasteiger partial charge is 0.151 e. The summed E-state index contributed by atoms with van der Waals surface area (Å²) in [5.41, 5.74) is 2.09. The molecule has 0 aliphatic rings. The van der Waals surface area contributed by atoms with Crippen LogP contribution in [0.3, 0.4) is 0 Å². The van der Waals surface area contributed by atoms with Crippen molar-refractivity contribution in [3.63, 3.8) is 0 Å². The number of rotatable bonds is 1. The highest BCUT2D eigenvalue weighted by Gasteiger charge is 2.08. The van der Waals surface area contributed by atoms with Gasteiger partial charge in [-0.25, -0.2) is 4.98 Å². The molecular formula is C13H17N3. The van der Waals surface area contributed by atoms with Gasteiger partial charge in [-0.3, -0.25) is 4.99 Å². The SMILES string of the molecule is Cn1c(C=NC(C)(C)C)nc2ccccc21. The first kappa shape index (κ1) is 10.9. The predicted molar refractivity (Wildman–Crippen MR) is 68.1 cm³/mol. The first-order valence-electron chi connectivity index (χ1n) is 5.44. The van der Waals surface area contributed by atoms with E-state index in [0.717, 1.165) is 16.9 Å². The van der Waals surface area contributed by atoms with Crippen molar-refractivity contribution in [1.82, 2.24) is 9.55 Å². The maximum Gasteiger partial charge on any atom is 0.151 e. The minimum absolute atomic E-state index is 0.0574. The summed E-state index contributed by atoms with van der Waals surface area (Å²) < 4.78 is 2.06. The molecule has 1 aromatic carbocycles. The van der Waals surface area contributed by atoms with Gasteiger partial charge in [-0.2, -0.15) is 0 Å². The molecule has 2 aromatic rings. The van der Waals surface area contributed by atoms with Crippen LogP contribution in [0.5, 0.6) is 0 Å². The Kier molecular flexibility index (Phi) is 2.54. The van der Waals surface area contributed by atoms with Crippen molar-refractivity contribution in [3.05, 3.63) is 30.1 Å². The fourth-order valence-corrected chi connectivity index (χ4v) is 1.53. The number of aryl methyl sites for hydroxylation is 1. The summed E-state index contributed by atoms with van der Waals surface area (Å²) in [4.78, 5) is 9.00. The maximum atomic E-state index is 4.53. The van der Waals surface area contributed by atoms with Gasteiger partial charge in [0.2, 0.25) is 0 Å². The van der Waals surface area contributed by atoms with Crippen LogP contribution in [0.4, 0.5) is 0 Å². The van der Waals surface area contributed by atoms with Crippen molar-refractivity contribution < 1.29 is 0 Å². The van der Waals surface area contributed by atoms with Gasteiger partial charge in [-0.05, 0) is 32.9 Å². The number of imidazole rings is 1. The van der Waals surface area contributed by atoms with Gasteiger partial charge in [0.15, 0.2) is 5.82 Å². The van der Waals surface area contributed by atoms with E-state index in [1.54, 1.807) is 0 Å². The summed E-state index contributed by atoms with van der Waals surface area (Å²) in [5.74, 6) is 0.899. The third kappa shape index (κ3) is 2.13. The van der Waals surface area contributed by atoms with Crippen LogP contribution in [0, 0.1) is 0 Å². The first-order chi connectivity index (χ1) is 7.47. The Bertz CT molecular complexity index is 530. The van der Waals surface area contributed by atoms with Crippen molar-refractivity contribution in [2.75, 3.05) is 0 Å². The number of hydrogen-bond donors (Lipinski definition) is 0. The van der Waals surface area contributed by atoms with Gasteiger partial charge in [0.1, 0.15) is 0 Å². The lowest BCUT2D eigenvalue weighted by atomic mass is 10.1. The molecule has 0 amide bonds. The largest absolute Gasteiger partial charge is 0.326 e. The molecule has 0 N–H and O–H groups in total. The molecule has 0 fully saturated rings. The molecule has 0 aliphatic carbocycles. The Hall–Kier alpha value is -1.64. The number of fused-ring (bicyclic) bond motifs is 1. The van der Waals surface area contributed by atoms with Crippen LogP contribution in [-0.2, 0) is 7.05 Å². The molecule has 0 saturated heterocycles. The molecule has 3 nitrogen and oxygen atoms in total. The first-order valence-corrected chi connectivity index (χ1v) is 5.44. The number of hydrogen-bond acceptors (Lipinski definition) is 2. The van der Waals surface area contributed by atoms with E-state index in [4.69, 9.17) is 0 Å². The van der Waals surface area contributed by atoms with Gasteiger partial charge >= 0.3 is 0 Å². The number of aromatic nitrogens is 2. The van der Waals surface area contributed by atoms with Crippen LogP contribution in [-0.4, -0.2) is 21.3 Å². The zero-order valence-corrected chi connectivity index (χ0v) is 10.2. The highest BCUT2D eigenvalue weighted by molar-refractivity contribution is 5.85. The Morgan fingerprint density at radius 1 is 1.25 bits per heavy atom. The van der Waals surface area contributed by atoms with Crippen LogP contribution in [0.2, 0.25) is 0 Å². The summed E-state index contributed by atoms with van der Waals surface area (Å²) in [7, 11) is 2.01. The van der Waals surface area contributed by atoms with E-state index in [0.29, 0.717) is 0 Å².